The van der Waals surface area contributed by atoms with Crippen LogP contribution in [0.5, 0.6) is 5.75 Å². The number of nitrogen functional groups attached to an aromatic ring is 2. The maximum Gasteiger partial charge on any atom is 0.222 e. The molecule has 2 aromatic rings. The monoisotopic (exact) mass is 305 g/mol. The van der Waals surface area contributed by atoms with Crippen LogP contribution in [0.3, 0.4) is 0 Å². The van der Waals surface area contributed by atoms with Gasteiger partial charge in [0.2, 0.25) is 5.95 Å². The molecule has 0 aliphatic heterocycles. The Labute approximate surface area is 125 Å². The predicted octanol–water partition coefficient (Wildman–Crippen LogP) is 2.25. The summed E-state index contributed by atoms with van der Waals surface area (Å²) in [5.41, 5.74) is 10.9. The van der Waals surface area contributed by atoms with Gasteiger partial charge < -0.3 is 16.2 Å². The Hall–Kier alpha value is -2.95. The summed E-state index contributed by atoms with van der Waals surface area (Å²) in [6, 6.07) is 3.80. The van der Waals surface area contributed by atoms with Crippen molar-refractivity contribution in [1.82, 2.24) is 9.97 Å². The van der Waals surface area contributed by atoms with Gasteiger partial charge in [0.1, 0.15) is 17.5 Å². The number of rotatable bonds is 3. The molecule has 0 fully saturated rings. The van der Waals surface area contributed by atoms with E-state index in [1.54, 1.807) is 19.9 Å². The number of benzene rings is 1. The van der Waals surface area contributed by atoms with Crippen LogP contribution in [0.25, 0.3) is 11.3 Å². The molecule has 1 heterocycles. The van der Waals surface area contributed by atoms with Gasteiger partial charge in [-0.25, -0.2) is 13.8 Å². The first-order valence-electron chi connectivity index (χ1n) is 6.32. The van der Waals surface area contributed by atoms with E-state index in [-0.39, 0.29) is 28.6 Å². The molecular formula is C14H13F2N5O. The van der Waals surface area contributed by atoms with E-state index < -0.39 is 23.5 Å². The van der Waals surface area contributed by atoms with Crippen molar-refractivity contribution in [3.63, 3.8) is 0 Å². The number of hydrogen-bond donors (Lipinski definition) is 2. The third-order valence-corrected chi connectivity index (χ3v) is 2.69. The minimum absolute atomic E-state index is 0.0171. The van der Waals surface area contributed by atoms with E-state index >= 15 is 0 Å². The Morgan fingerprint density at radius 1 is 1.18 bits per heavy atom. The highest BCUT2D eigenvalue weighted by Gasteiger charge is 2.19. The molecule has 0 atom stereocenters. The highest BCUT2D eigenvalue weighted by atomic mass is 19.1. The summed E-state index contributed by atoms with van der Waals surface area (Å²) in [6.07, 6.45) is -0.394. The number of nitrogens with zero attached hydrogens (tertiary/aromatic N) is 3. The maximum atomic E-state index is 14.0. The zero-order valence-corrected chi connectivity index (χ0v) is 11.9. The van der Waals surface area contributed by atoms with Gasteiger partial charge >= 0.3 is 0 Å². The van der Waals surface area contributed by atoms with Crippen LogP contribution in [0.15, 0.2) is 12.1 Å². The van der Waals surface area contributed by atoms with Crippen LogP contribution >= 0.6 is 0 Å². The number of aromatic nitrogens is 2. The number of nitriles is 1. The summed E-state index contributed by atoms with van der Waals surface area (Å²) in [5, 5.41) is 9.10. The minimum Gasteiger partial charge on any atom is -0.485 e. The Kier molecular flexibility index (Phi) is 4.08. The Morgan fingerprint density at radius 3 is 2.27 bits per heavy atom. The van der Waals surface area contributed by atoms with Gasteiger partial charge in [0, 0.05) is 5.56 Å². The normalized spacial score (nSPS) is 10.5. The molecule has 0 radical (unpaired) electrons. The molecule has 4 N–H and O–H groups in total. The molecule has 0 amide bonds. The van der Waals surface area contributed by atoms with Crippen molar-refractivity contribution in [3.05, 3.63) is 29.3 Å². The molecule has 1 aromatic heterocycles. The number of hydrogen-bond acceptors (Lipinski definition) is 6. The van der Waals surface area contributed by atoms with Gasteiger partial charge in [-0.3, -0.25) is 0 Å². The molecule has 6 nitrogen and oxygen atoms in total. The minimum atomic E-state index is -0.914. The first-order chi connectivity index (χ1) is 10.3. The second-order valence-electron chi connectivity index (χ2n) is 4.74. The molecule has 8 heteroatoms. The van der Waals surface area contributed by atoms with Crippen LogP contribution in [0.4, 0.5) is 20.5 Å². The van der Waals surface area contributed by atoms with E-state index in [0.717, 1.165) is 12.1 Å². The van der Waals surface area contributed by atoms with E-state index in [9.17, 15) is 8.78 Å². The maximum absolute atomic E-state index is 14.0. The fourth-order valence-electron chi connectivity index (χ4n) is 1.86. The van der Waals surface area contributed by atoms with Crippen molar-refractivity contribution >= 4 is 11.8 Å². The summed E-state index contributed by atoms with van der Waals surface area (Å²) < 4.78 is 33.2. The Bertz CT molecular complexity index is 748. The van der Waals surface area contributed by atoms with Gasteiger partial charge in [-0.2, -0.15) is 10.2 Å². The lowest BCUT2D eigenvalue weighted by molar-refractivity contribution is 0.219. The summed E-state index contributed by atoms with van der Waals surface area (Å²) >= 11 is 0. The van der Waals surface area contributed by atoms with Crippen LogP contribution in [0.1, 0.15) is 19.4 Å². The second kappa shape index (κ2) is 5.81. The molecule has 0 spiro atoms. The topological polar surface area (TPSA) is 111 Å². The first kappa shape index (κ1) is 15.4. The molecule has 0 aliphatic rings. The quantitative estimate of drug-likeness (QED) is 0.899. The van der Waals surface area contributed by atoms with Gasteiger partial charge in [0.25, 0.3) is 0 Å². The van der Waals surface area contributed by atoms with E-state index in [4.69, 9.17) is 21.5 Å². The number of anilines is 2. The smallest absolute Gasteiger partial charge is 0.222 e. The number of ether oxygens (including phenoxy) is 1. The molecule has 1 aromatic carbocycles. The molecule has 0 aliphatic carbocycles. The van der Waals surface area contributed by atoms with Crippen LogP contribution < -0.4 is 16.2 Å². The molecule has 0 saturated carbocycles. The van der Waals surface area contributed by atoms with Gasteiger partial charge in [0.05, 0.1) is 11.8 Å². The first-order valence-corrected chi connectivity index (χ1v) is 6.32. The van der Waals surface area contributed by atoms with E-state index in [2.05, 4.69) is 9.97 Å². The second-order valence-corrected chi connectivity index (χ2v) is 4.74. The summed E-state index contributed by atoms with van der Waals surface area (Å²) in [6.45, 7) is 3.29. The van der Waals surface area contributed by atoms with Crippen molar-refractivity contribution < 1.29 is 13.5 Å². The van der Waals surface area contributed by atoms with Gasteiger partial charge in [-0.15, -0.1) is 0 Å². The summed E-state index contributed by atoms with van der Waals surface area (Å²) in [4.78, 5) is 7.48. The number of halogens is 2. The zero-order valence-electron chi connectivity index (χ0n) is 11.9. The van der Waals surface area contributed by atoms with E-state index in [1.807, 2.05) is 0 Å². The van der Waals surface area contributed by atoms with Crippen molar-refractivity contribution in [3.8, 4) is 23.1 Å². The average Bonchev–Trinajstić information content (AvgIpc) is 2.41. The van der Waals surface area contributed by atoms with Gasteiger partial charge in [-0.05, 0) is 26.0 Å². The predicted molar refractivity (Wildman–Crippen MR) is 76.7 cm³/mol. The van der Waals surface area contributed by atoms with Crippen molar-refractivity contribution in [1.29, 1.82) is 5.26 Å². The lowest BCUT2D eigenvalue weighted by Crippen LogP contribution is -2.09. The molecule has 22 heavy (non-hydrogen) atoms. The average molecular weight is 305 g/mol. The summed E-state index contributed by atoms with van der Waals surface area (Å²) in [7, 11) is 0. The lowest BCUT2D eigenvalue weighted by atomic mass is 10.1. The molecule has 0 unspecified atom stereocenters. The highest BCUT2D eigenvalue weighted by molar-refractivity contribution is 5.73. The number of nitrogens with two attached hydrogens (primary N) is 2. The molecule has 0 bridgehead atoms. The lowest BCUT2D eigenvalue weighted by Gasteiger charge is -2.13. The van der Waals surface area contributed by atoms with Gasteiger partial charge in [0.15, 0.2) is 17.4 Å². The van der Waals surface area contributed by atoms with Crippen molar-refractivity contribution in [2.45, 2.75) is 20.0 Å². The Morgan fingerprint density at radius 2 is 1.77 bits per heavy atom. The molecular weight excluding hydrogens is 292 g/mol. The van der Waals surface area contributed by atoms with Crippen LogP contribution in [0, 0.1) is 23.0 Å². The van der Waals surface area contributed by atoms with Crippen molar-refractivity contribution in [2.24, 2.45) is 0 Å². The Balaban J connectivity index is 2.63. The molecule has 114 valence electrons. The standard InChI is InChI=1S/C14H13F2N5O/c1-6(2)22-12-9(15)3-7(4-10(12)16)11-8(5-17)13(18)21-14(19)20-11/h3-4,6H,1-2H3,(H4,18,19,20,21). The van der Waals surface area contributed by atoms with Crippen LogP contribution in [0.2, 0.25) is 0 Å². The SMILES string of the molecule is CC(C)Oc1c(F)cc(-c2nc(N)nc(N)c2C#N)cc1F. The van der Waals surface area contributed by atoms with E-state index in [1.165, 1.54) is 0 Å². The fourth-order valence-corrected chi connectivity index (χ4v) is 1.86. The molecule has 0 saturated heterocycles. The third-order valence-electron chi connectivity index (χ3n) is 2.69. The fraction of sp³-hybridized carbons (Fsp3) is 0.214. The summed E-state index contributed by atoms with van der Waals surface area (Å²) in [5.74, 6) is -2.68. The molecule has 2 rings (SSSR count). The zero-order chi connectivity index (χ0) is 16.4. The van der Waals surface area contributed by atoms with Crippen LogP contribution in [-0.4, -0.2) is 16.1 Å². The third kappa shape index (κ3) is 2.88. The largest absolute Gasteiger partial charge is 0.485 e. The van der Waals surface area contributed by atoms with Crippen LogP contribution in [-0.2, 0) is 0 Å². The van der Waals surface area contributed by atoms with E-state index in [0.29, 0.717) is 0 Å². The van der Waals surface area contributed by atoms with Crippen molar-refractivity contribution in [2.75, 3.05) is 11.5 Å². The highest BCUT2D eigenvalue weighted by Crippen LogP contribution is 2.31. The van der Waals surface area contributed by atoms with Gasteiger partial charge in [-0.1, -0.05) is 0 Å².